The van der Waals surface area contributed by atoms with Crippen molar-refractivity contribution in [1.29, 1.82) is 0 Å². The first-order valence-corrected chi connectivity index (χ1v) is 7.28. The Kier molecular flexibility index (Phi) is 4.66. The van der Waals surface area contributed by atoms with Crippen LogP contribution in [0.3, 0.4) is 0 Å². The summed E-state index contributed by atoms with van der Waals surface area (Å²) in [5, 5.41) is 4.68. The smallest absolute Gasteiger partial charge is 0.128 e. The SMILES string of the molecule is CCOc1ccccc1-c1nn(C(CC)CC)cc1N. The molecule has 1 aromatic heterocycles. The fraction of sp³-hybridized carbons (Fsp3) is 0.438. The average Bonchev–Trinajstić information content (AvgIpc) is 2.83. The van der Waals surface area contributed by atoms with E-state index in [0.717, 1.165) is 29.8 Å². The lowest BCUT2D eigenvalue weighted by molar-refractivity contribution is 0.341. The second kappa shape index (κ2) is 6.46. The second-order valence-electron chi connectivity index (χ2n) is 4.81. The summed E-state index contributed by atoms with van der Waals surface area (Å²) in [5.41, 5.74) is 8.61. The van der Waals surface area contributed by atoms with E-state index < -0.39 is 0 Å². The summed E-state index contributed by atoms with van der Waals surface area (Å²) in [6.07, 6.45) is 4.02. The molecule has 0 amide bonds. The molecular formula is C16H23N3O. The van der Waals surface area contributed by atoms with Gasteiger partial charge in [0, 0.05) is 11.8 Å². The minimum atomic E-state index is 0.394. The van der Waals surface area contributed by atoms with Gasteiger partial charge < -0.3 is 10.5 Å². The molecule has 2 aromatic rings. The van der Waals surface area contributed by atoms with Crippen molar-refractivity contribution in [3.05, 3.63) is 30.5 Å². The third-order valence-electron chi connectivity index (χ3n) is 3.52. The van der Waals surface area contributed by atoms with Crippen LogP contribution in [0.4, 0.5) is 5.69 Å². The van der Waals surface area contributed by atoms with E-state index in [4.69, 9.17) is 10.5 Å². The maximum atomic E-state index is 6.15. The Hall–Kier alpha value is -1.97. The van der Waals surface area contributed by atoms with E-state index in [1.54, 1.807) is 0 Å². The maximum absolute atomic E-state index is 6.15. The number of hydrogen-bond donors (Lipinski definition) is 1. The summed E-state index contributed by atoms with van der Waals surface area (Å²) in [5.74, 6) is 0.830. The van der Waals surface area contributed by atoms with Gasteiger partial charge in [-0.3, -0.25) is 4.68 Å². The van der Waals surface area contributed by atoms with E-state index >= 15 is 0 Å². The van der Waals surface area contributed by atoms with Crippen molar-refractivity contribution >= 4 is 5.69 Å². The molecule has 2 rings (SSSR count). The molecule has 4 nitrogen and oxygen atoms in total. The van der Waals surface area contributed by atoms with E-state index in [-0.39, 0.29) is 0 Å². The van der Waals surface area contributed by atoms with E-state index in [1.165, 1.54) is 0 Å². The summed E-state index contributed by atoms with van der Waals surface area (Å²) < 4.78 is 7.64. The number of nitrogen functional groups attached to an aromatic ring is 1. The van der Waals surface area contributed by atoms with Crippen molar-refractivity contribution < 1.29 is 4.74 Å². The number of nitrogens with two attached hydrogens (primary N) is 1. The van der Waals surface area contributed by atoms with Gasteiger partial charge in [-0.1, -0.05) is 26.0 Å². The lowest BCUT2D eigenvalue weighted by atomic mass is 10.1. The first-order valence-electron chi connectivity index (χ1n) is 7.28. The van der Waals surface area contributed by atoms with Crippen molar-refractivity contribution in [3.8, 4) is 17.0 Å². The van der Waals surface area contributed by atoms with Crippen LogP contribution in [0, 0.1) is 0 Å². The van der Waals surface area contributed by atoms with Gasteiger partial charge in [0.25, 0.3) is 0 Å². The van der Waals surface area contributed by atoms with Crippen LogP contribution in [0.15, 0.2) is 30.5 Å². The molecule has 0 unspecified atom stereocenters. The fourth-order valence-electron chi connectivity index (χ4n) is 2.41. The molecule has 1 heterocycles. The number of aromatic nitrogens is 2. The number of hydrogen-bond acceptors (Lipinski definition) is 3. The third kappa shape index (κ3) is 2.79. The molecule has 20 heavy (non-hydrogen) atoms. The van der Waals surface area contributed by atoms with Crippen LogP contribution in [0.5, 0.6) is 5.75 Å². The van der Waals surface area contributed by atoms with Gasteiger partial charge in [0.2, 0.25) is 0 Å². The van der Waals surface area contributed by atoms with Crippen LogP contribution < -0.4 is 10.5 Å². The first-order chi connectivity index (χ1) is 9.71. The Morgan fingerprint density at radius 2 is 1.90 bits per heavy atom. The fourth-order valence-corrected chi connectivity index (χ4v) is 2.41. The summed E-state index contributed by atoms with van der Waals surface area (Å²) in [6, 6.07) is 8.29. The summed E-state index contributed by atoms with van der Waals surface area (Å²) >= 11 is 0. The molecule has 0 saturated carbocycles. The molecule has 0 saturated heterocycles. The van der Waals surface area contributed by atoms with Crippen molar-refractivity contribution in [1.82, 2.24) is 9.78 Å². The molecular weight excluding hydrogens is 250 g/mol. The predicted molar refractivity (Wildman–Crippen MR) is 82.9 cm³/mol. The monoisotopic (exact) mass is 273 g/mol. The van der Waals surface area contributed by atoms with E-state index in [1.807, 2.05) is 42.1 Å². The predicted octanol–water partition coefficient (Wildman–Crippen LogP) is 3.89. The molecule has 1 aromatic carbocycles. The highest BCUT2D eigenvalue weighted by molar-refractivity contribution is 5.76. The number of rotatable bonds is 6. The Morgan fingerprint density at radius 1 is 1.20 bits per heavy atom. The molecule has 0 atom stereocenters. The molecule has 4 heteroatoms. The lowest BCUT2D eigenvalue weighted by Crippen LogP contribution is -2.07. The number of benzene rings is 1. The van der Waals surface area contributed by atoms with Crippen molar-refractivity contribution in [2.75, 3.05) is 12.3 Å². The molecule has 0 radical (unpaired) electrons. The van der Waals surface area contributed by atoms with Crippen molar-refractivity contribution in [2.24, 2.45) is 0 Å². The number of nitrogens with zero attached hydrogens (tertiary/aromatic N) is 2. The van der Waals surface area contributed by atoms with E-state index in [2.05, 4.69) is 18.9 Å². The Morgan fingerprint density at radius 3 is 2.55 bits per heavy atom. The normalized spacial score (nSPS) is 11.0. The van der Waals surface area contributed by atoms with Crippen molar-refractivity contribution in [2.45, 2.75) is 39.7 Å². The van der Waals surface area contributed by atoms with Crippen LogP contribution >= 0.6 is 0 Å². The zero-order valence-corrected chi connectivity index (χ0v) is 12.5. The Labute approximate surface area is 120 Å². The van der Waals surface area contributed by atoms with Gasteiger partial charge >= 0.3 is 0 Å². The Balaban J connectivity index is 2.43. The van der Waals surface area contributed by atoms with Gasteiger partial charge in [-0.25, -0.2) is 0 Å². The zero-order valence-electron chi connectivity index (χ0n) is 12.5. The zero-order chi connectivity index (χ0) is 14.5. The minimum absolute atomic E-state index is 0.394. The highest BCUT2D eigenvalue weighted by Gasteiger charge is 2.16. The van der Waals surface area contributed by atoms with Crippen LogP contribution in [0.2, 0.25) is 0 Å². The number of anilines is 1. The van der Waals surface area contributed by atoms with Gasteiger partial charge in [0.15, 0.2) is 0 Å². The van der Waals surface area contributed by atoms with Gasteiger partial charge in [-0.2, -0.15) is 5.10 Å². The van der Waals surface area contributed by atoms with Crippen LogP contribution in [0.1, 0.15) is 39.7 Å². The van der Waals surface area contributed by atoms with Crippen LogP contribution in [-0.4, -0.2) is 16.4 Å². The number of ether oxygens (including phenoxy) is 1. The van der Waals surface area contributed by atoms with E-state index in [0.29, 0.717) is 18.3 Å². The molecule has 0 fully saturated rings. The van der Waals surface area contributed by atoms with Crippen LogP contribution in [0.25, 0.3) is 11.3 Å². The maximum Gasteiger partial charge on any atom is 0.128 e. The molecule has 0 spiro atoms. The molecule has 0 aliphatic carbocycles. The van der Waals surface area contributed by atoms with Gasteiger partial charge in [0.1, 0.15) is 11.4 Å². The standard InChI is InChI=1S/C16H23N3O/c1-4-12(5-2)19-11-14(17)16(18-19)13-9-7-8-10-15(13)20-6-3/h7-12H,4-6,17H2,1-3H3. The summed E-state index contributed by atoms with van der Waals surface area (Å²) in [6.45, 7) is 6.94. The van der Waals surface area contributed by atoms with Crippen molar-refractivity contribution in [3.63, 3.8) is 0 Å². The topological polar surface area (TPSA) is 53.1 Å². The molecule has 0 bridgehead atoms. The summed E-state index contributed by atoms with van der Waals surface area (Å²) in [7, 11) is 0. The minimum Gasteiger partial charge on any atom is -0.493 e. The third-order valence-corrected chi connectivity index (χ3v) is 3.52. The average molecular weight is 273 g/mol. The largest absolute Gasteiger partial charge is 0.493 e. The van der Waals surface area contributed by atoms with Gasteiger partial charge in [0.05, 0.1) is 18.3 Å². The molecule has 2 N–H and O–H groups in total. The van der Waals surface area contributed by atoms with E-state index in [9.17, 15) is 0 Å². The Bertz CT molecular complexity index is 559. The van der Waals surface area contributed by atoms with Crippen LogP contribution in [-0.2, 0) is 0 Å². The molecule has 0 aliphatic rings. The second-order valence-corrected chi connectivity index (χ2v) is 4.81. The quantitative estimate of drug-likeness (QED) is 0.868. The molecule has 0 aliphatic heterocycles. The van der Waals surface area contributed by atoms with Gasteiger partial charge in [-0.05, 0) is 31.9 Å². The lowest BCUT2D eigenvalue weighted by Gasteiger charge is -2.12. The number of para-hydroxylation sites is 1. The highest BCUT2D eigenvalue weighted by atomic mass is 16.5. The van der Waals surface area contributed by atoms with Gasteiger partial charge in [-0.15, -0.1) is 0 Å². The first kappa shape index (κ1) is 14.4. The summed E-state index contributed by atoms with van der Waals surface area (Å²) in [4.78, 5) is 0. The molecule has 108 valence electrons. The highest BCUT2D eigenvalue weighted by Crippen LogP contribution is 2.33.